The number of hydrogen-bond acceptors (Lipinski definition) is 5. The fourth-order valence-electron chi connectivity index (χ4n) is 1.22. The van der Waals surface area contributed by atoms with Gasteiger partial charge in [0.25, 0.3) is 0 Å². The molecule has 0 unspecified atom stereocenters. The molecule has 5 heteroatoms. The van der Waals surface area contributed by atoms with Crippen LogP contribution in [0.1, 0.15) is 13.8 Å². The van der Waals surface area contributed by atoms with Crippen LogP contribution in [0.15, 0.2) is 0 Å². The zero-order valence-electron chi connectivity index (χ0n) is 9.29. The normalized spacial score (nSPS) is 12.4. The van der Waals surface area contributed by atoms with E-state index < -0.39 is 0 Å². The van der Waals surface area contributed by atoms with Gasteiger partial charge >= 0.3 is 0 Å². The lowest BCUT2D eigenvalue weighted by atomic mass is 10.3. The standard InChI is InChI=1S/C9H24N4S/c1-9(2,14)12-5-8-13(6-3-10)7-4-11/h12,14H,3-8,10-11H2,1-2H3. The molecular formula is C9H24N4S. The van der Waals surface area contributed by atoms with Crippen molar-refractivity contribution in [3.05, 3.63) is 0 Å². The zero-order chi connectivity index (χ0) is 11.0. The molecule has 86 valence electrons. The maximum atomic E-state index is 5.50. The van der Waals surface area contributed by atoms with Crippen LogP contribution >= 0.6 is 12.6 Å². The first kappa shape index (κ1) is 14.2. The van der Waals surface area contributed by atoms with Crippen LogP contribution in [-0.2, 0) is 0 Å². The van der Waals surface area contributed by atoms with Crippen molar-refractivity contribution in [1.82, 2.24) is 10.2 Å². The monoisotopic (exact) mass is 220 g/mol. The van der Waals surface area contributed by atoms with Gasteiger partial charge < -0.3 is 16.8 Å². The van der Waals surface area contributed by atoms with Gasteiger partial charge in [0.15, 0.2) is 0 Å². The fourth-order valence-corrected chi connectivity index (χ4v) is 1.33. The molecule has 4 nitrogen and oxygen atoms in total. The number of hydrogen-bond donors (Lipinski definition) is 4. The highest BCUT2D eigenvalue weighted by Gasteiger charge is 2.10. The highest BCUT2D eigenvalue weighted by atomic mass is 32.1. The molecule has 0 heterocycles. The lowest BCUT2D eigenvalue weighted by Crippen LogP contribution is -2.42. The zero-order valence-corrected chi connectivity index (χ0v) is 10.2. The molecule has 0 aromatic carbocycles. The summed E-state index contributed by atoms with van der Waals surface area (Å²) in [7, 11) is 0. The van der Waals surface area contributed by atoms with Crippen LogP contribution in [0, 0.1) is 0 Å². The van der Waals surface area contributed by atoms with E-state index >= 15 is 0 Å². The summed E-state index contributed by atoms with van der Waals surface area (Å²) in [5, 5.41) is 3.31. The summed E-state index contributed by atoms with van der Waals surface area (Å²) in [6.45, 7) is 9.14. The lowest BCUT2D eigenvalue weighted by Gasteiger charge is -2.24. The van der Waals surface area contributed by atoms with E-state index in [9.17, 15) is 0 Å². The van der Waals surface area contributed by atoms with Crippen LogP contribution in [-0.4, -0.2) is 49.0 Å². The van der Waals surface area contributed by atoms with Gasteiger partial charge in [-0.2, -0.15) is 12.6 Å². The predicted molar refractivity (Wildman–Crippen MR) is 65.6 cm³/mol. The topological polar surface area (TPSA) is 67.3 Å². The number of rotatable bonds is 8. The van der Waals surface area contributed by atoms with Crippen LogP contribution < -0.4 is 16.8 Å². The molecule has 0 saturated heterocycles. The molecule has 0 aliphatic carbocycles. The Balaban J connectivity index is 3.60. The lowest BCUT2D eigenvalue weighted by molar-refractivity contribution is 0.283. The molecule has 0 aliphatic rings. The molecule has 0 spiro atoms. The van der Waals surface area contributed by atoms with E-state index in [0.717, 1.165) is 26.2 Å². The van der Waals surface area contributed by atoms with Gasteiger partial charge in [-0.05, 0) is 13.8 Å². The van der Waals surface area contributed by atoms with Gasteiger partial charge in [-0.1, -0.05) is 0 Å². The third-order valence-corrected chi connectivity index (χ3v) is 2.03. The molecule has 0 aromatic rings. The maximum Gasteiger partial charge on any atom is 0.0558 e. The first-order chi connectivity index (χ1) is 6.49. The first-order valence-electron chi connectivity index (χ1n) is 5.09. The van der Waals surface area contributed by atoms with E-state index in [4.69, 9.17) is 11.5 Å². The van der Waals surface area contributed by atoms with E-state index in [-0.39, 0.29) is 4.87 Å². The third kappa shape index (κ3) is 8.77. The van der Waals surface area contributed by atoms with Crippen molar-refractivity contribution in [1.29, 1.82) is 0 Å². The molecule has 5 N–H and O–H groups in total. The smallest absolute Gasteiger partial charge is 0.0558 e. The van der Waals surface area contributed by atoms with Gasteiger partial charge in [-0.25, -0.2) is 0 Å². The van der Waals surface area contributed by atoms with Crippen LogP contribution in [0.5, 0.6) is 0 Å². The molecule has 0 atom stereocenters. The number of nitrogens with one attached hydrogen (secondary N) is 1. The maximum absolute atomic E-state index is 5.50. The molecule has 0 rings (SSSR count). The first-order valence-corrected chi connectivity index (χ1v) is 5.54. The van der Waals surface area contributed by atoms with Gasteiger partial charge in [0.2, 0.25) is 0 Å². The van der Waals surface area contributed by atoms with Crippen molar-refractivity contribution in [2.75, 3.05) is 39.3 Å². The summed E-state index contributed by atoms with van der Waals surface area (Å²) in [6.07, 6.45) is 0. The minimum Gasteiger partial charge on any atom is -0.329 e. The number of nitrogens with two attached hydrogens (primary N) is 2. The average Bonchev–Trinajstić information content (AvgIpc) is 2.02. The number of nitrogens with zero attached hydrogens (tertiary/aromatic N) is 1. The Kier molecular flexibility index (Phi) is 7.58. The Morgan fingerprint density at radius 1 is 1.14 bits per heavy atom. The second-order valence-electron chi connectivity index (χ2n) is 3.90. The summed E-state index contributed by atoms with van der Waals surface area (Å²) in [6, 6.07) is 0. The van der Waals surface area contributed by atoms with E-state index in [2.05, 4.69) is 22.8 Å². The van der Waals surface area contributed by atoms with Crippen LogP contribution in [0.25, 0.3) is 0 Å². The van der Waals surface area contributed by atoms with Gasteiger partial charge in [-0.3, -0.25) is 4.90 Å². The molecule has 0 bridgehead atoms. The SMILES string of the molecule is CC(C)(S)NCCN(CCN)CCN. The van der Waals surface area contributed by atoms with Gasteiger partial charge in [0, 0.05) is 39.3 Å². The summed E-state index contributed by atoms with van der Waals surface area (Å²) in [5.74, 6) is 0. The van der Waals surface area contributed by atoms with Crippen molar-refractivity contribution in [2.24, 2.45) is 11.5 Å². The Morgan fingerprint density at radius 2 is 1.64 bits per heavy atom. The number of thiol groups is 1. The predicted octanol–water partition coefficient (Wildman–Crippen LogP) is -0.539. The largest absolute Gasteiger partial charge is 0.329 e. The van der Waals surface area contributed by atoms with Crippen molar-refractivity contribution >= 4 is 12.6 Å². The van der Waals surface area contributed by atoms with Crippen molar-refractivity contribution in [2.45, 2.75) is 18.7 Å². The molecule has 0 fully saturated rings. The second-order valence-corrected chi connectivity index (χ2v) is 5.02. The molecular weight excluding hydrogens is 196 g/mol. The molecule has 0 aromatic heterocycles. The summed E-state index contributed by atoms with van der Waals surface area (Å²) >= 11 is 4.38. The van der Waals surface area contributed by atoms with E-state index in [0.29, 0.717) is 13.1 Å². The van der Waals surface area contributed by atoms with Crippen molar-refractivity contribution in [3.8, 4) is 0 Å². The van der Waals surface area contributed by atoms with Gasteiger partial charge in [0.1, 0.15) is 0 Å². The quantitative estimate of drug-likeness (QED) is 0.328. The van der Waals surface area contributed by atoms with Crippen LogP contribution in [0.2, 0.25) is 0 Å². The highest BCUT2D eigenvalue weighted by molar-refractivity contribution is 7.81. The minimum atomic E-state index is -0.114. The third-order valence-electron chi connectivity index (χ3n) is 1.88. The summed E-state index contributed by atoms with van der Waals surface area (Å²) in [5.41, 5.74) is 11.0. The highest BCUT2D eigenvalue weighted by Crippen LogP contribution is 2.05. The van der Waals surface area contributed by atoms with E-state index in [1.54, 1.807) is 0 Å². The van der Waals surface area contributed by atoms with Crippen molar-refractivity contribution in [3.63, 3.8) is 0 Å². The van der Waals surface area contributed by atoms with Crippen LogP contribution in [0.4, 0.5) is 0 Å². The minimum absolute atomic E-state index is 0.114. The summed E-state index contributed by atoms with van der Waals surface area (Å²) in [4.78, 5) is 2.14. The molecule has 0 saturated carbocycles. The molecule has 0 aliphatic heterocycles. The van der Waals surface area contributed by atoms with E-state index in [1.165, 1.54) is 0 Å². The average molecular weight is 220 g/mol. The van der Waals surface area contributed by atoms with Gasteiger partial charge in [0.05, 0.1) is 4.87 Å². The van der Waals surface area contributed by atoms with E-state index in [1.807, 2.05) is 13.8 Å². The Bertz CT molecular complexity index is 129. The summed E-state index contributed by atoms with van der Waals surface area (Å²) < 4.78 is 0. The molecule has 0 amide bonds. The molecule has 14 heavy (non-hydrogen) atoms. The fraction of sp³-hybridized carbons (Fsp3) is 1.00. The molecule has 0 radical (unpaired) electrons. The van der Waals surface area contributed by atoms with Gasteiger partial charge in [-0.15, -0.1) is 0 Å². The second kappa shape index (κ2) is 7.48. The Hall–Kier alpha value is 0.190. The van der Waals surface area contributed by atoms with Crippen LogP contribution in [0.3, 0.4) is 0 Å². The Morgan fingerprint density at radius 3 is 2.00 bits per heavy atom. The Labute approximate surface area is 92.8 Å². The van der Waals surface area contributed by atoms with Crippen molar-refractivity contribution < 1.29 is 0 Å².